The summed E-state index contributed by atoms with van der Waals surface area (Å²) in [6.45, 7) is 2.91. The van der Waals surface area contributed by atoms with Crippen molar-refractivity contribution in [3.05, 3.63) is 50.1 Å². The van der Waals surface area contributed by atoms with E-state index < -0.39 is 10.0 Å². The molecule has 0 aliphatic heterocycles. The summed E-state index contributed by atoms with van der Waals surface area (Å²) >= 11 is 4.87. The molecule has 0 amide bonds. The Kier molecular flexibility index (Phi) is 5.56. The molecule has 0 fully saturated rings. The van der Waals surface area contributed by atoms with Gasteiger partial charge in [0, 0.05) is 22.4 Å². The second kappa shape index (κ2) is 7.02. The van der Waals surface area contributed by atoms with E-state index in [-0.39, 0.29) is 4.90 Å². The highest BCUT2D eigenvalue weighted by Gasteiger charge is 2.18. The summed E-state index contributed by atoms with van der Waals surface area (Å²) in [6, 6.07) is 7.32. The summed E-state index contributed by atoms with van der Waals surface area (Å²) in [4.78, 5) is 1.30. The third-order valence-electron chi connectivity index (χ3n) is 3.06. The van der Waals surface area contributed by atoms with Crippen LogP contribution in [-0.2, 0) is 23.1 Å². The molecule has 2 N–H and O–H groups in total. The zero-order valence-electron chi connectivity index (χ0n) is 11.8. The fourth-order valence-electron chi connectivity index (χ4n) is 1.89. The van der Waals surface area contributed by atoms with Crippen LogP contribution in [0.15, 0.2) is 39.0 Å². The van der Waals surface area contributed by atoms with Crippen LogP contribution < -0.4 is 10.0 Å². The van der Waals surface area contributed by atoms with Crippen molar-refractivity contribution in [2.24, 2.45) is 0 Å². The minimum atomic E-state index is -3.54. The summed E-state index contributed by atoms with van der Waals surface area (Å²) < 4.78 is 28.1. The van der Waals surface area contributed by atoms with Crippen molar-refractivity contribution in [2.45, 2.75) is 24.9 Å². The van der Waals surface area contributed by atoms with E-state index in [1.807, 2.05) is 31.5 Å². The molecule has 0 aliphatic carbocycles. The van der Waals surface area contributed by atoms with Gasteiger partial charge in [-0.1, -0.05) is 6.07 Å². The highest BCUT2D eigenvalue weighted by atomic mass is 79.9. The summed E-state index contributed by atoms with van der Waals surface area (Å²) in [6.07, 6.45) is 0. The van der Waals surface area contributed by atoms with Gasteiger partial charge in [0.05, 0.1) is 4.90 Å². The predicted molar refractivity (Wildman–Crippen MR) is 90.0 cm³/mol. The maximum Gasteiger partial charge on any atom is 0.242 e. The molecule has 2 rings (SSSR count). The van der Waals surface area contributed by atoms with Crippen LogP contribution >= 0.6 is 27.3 Å². The van der Waals surface area contributed by atoms with Gasteiger partial charge in [0.1, 0.15) is 0 Å². The Balaban J connectivity index is 2.22. The molecule has 1 aromatic heterocycles. The lowest BCUT2D eigenvalue weighted by atomic mass is 10.2. The second-order valence-electron chi connectivity index (χ2n) is 4.65. The van der Waals surface area contributed by atoms with Gasteiger partial charge in [0.15, 0.2) is 0 Å². The monoisotopic (exact) mass is 388 g/mol. The van der Waals surface area contributed by atoms with Gasteiger partial charge in [-0.15, -0.1) is 11.3 Å². The molecule has 0 radical (unpaired) electrons. The average Bonchev–Trinajstić information content (AvgIpc) is 2.84. The van der Waals surface area contributed by atoms with Crippen molar-refractivity contribution in [1.29, 1.82) is 0 Å². The molecule has 7 heteroatoms. The van der Waals surface area contributed by atoms with E-state index >= 15 is 0 Å². The molecule has 21 heavy (non-hydrogen) atoms. The van der Waals surface area contributed by atoms with E-state index in [0.717, 1.165) is 16.0 Å². The first-order valence-corrected chi connectivity index (χ1v) is 9.55. The molecule has 0 aliphatic rings. The molecule has 0 atom stereocenters. The third kappa shape index (κ3) is 4.14. The first-order valence-electron chi connectivity index (χ1n) is 6.39. The van der Waals surface area contributed by atoms with Crippen LogP contribution in [0.3, 0.4) is 0 Å². The first kappa shape index (κ1) is 16.6. The lowest BCUT2D eigenvalue weighted by molar-refractivity contribution is 0.581. The van der Waals surface area contributed by atoms with Gasteiger partial charge >= 0.3 is 0 Å². The number of rotatable bonds is 6. The topological polar surface area (TPSA) is 58.2 Å². The van der Waals surface area contributed by atoms with Gasteiger partial charge in [0.2, 0.25) is 10.0 Å². The third-order valence-corrected chi connectivity index (χ3v) is 6.48. The number of aryl methyl sites for hydroxylation is 1. The molecular formula is C14H17BrN2O2S2. The summed E-state index contributed by atoms with van der Waals surface area (Å²) in [7, 11) is -1.72. The second-order valence-corrected chi connectivity index (χ2v) is 8.24. The van der Waals surface area contributed by atoms with Crippen LogP contribution in [0.5, 0.6) is 0 Å². The van der Waals surface area contributed by atoms with Crippen molar-refractivity contribution < 1.29 is 8.42 Å². The van der Waals surface area contributed by atoms with Gasteiger partial charge in [-0.3, -0.25) is 0 Å². The molecule has 0 saturated carbocycles. The summed E-state index contributed by atoms with van der Waals surface area (Å²) in [5.41, 5.74) is 2.03. The average molecular weight is 389 g/mol. The SMILES string of the molecule is CNCc1ccc(Br)c(S(=O)(=O)NCc2sccc2C)c1. The molecular weight excluding hydrogens is 372 g/mol. The lowest BCUT2D eigenvalue weighted by Gasteiger charge is -2.10. The van der Waals surface area contributed by atoms with E-state index in [1.165, 1.54) is 0 Å². The van der Waals surface area contributed by atoms with Crippen molar-refractivity contribution >= 4 is 37.3 Å². The van der Waals surface area contributed by atoms with Crippen LogP contribution in [-0.4, -0.2) is 15.5 Å². The van der Waals surface area contributed by atoms with Gasteiger partial charge in [-0.2, -0.15) is 0 Å². The number of thiophene rings is 1. The highest BCUT2D eigenvalue weighted by Crippen LogP contribution is 2.24. The largest absolute Gasteiger partial charge is 0.316 e. The summed E-state index contributed by atoms with van der Waals surface area (Å²) in [5.74, 6) is 0. The molecule has 0 bridgehead atoms. The van der Waals surface area contributed by atoms with Crippen LogP contribution in [0, 0.1) is 6.92 Å². The standard InChI is InChI=1S/C14H17BrN2O2S2/c1-10-5-6-20-13(10)9-17-21(18,19)14-7-11(8-16-2)3-4-12(14)15/h3-7,16-17H,8-9H2,1-2H3. The lowest BCUT2D eigenvalue weighted by Crippen LogP contribution is -2.23. The fourth-order valence-corrected chi connectivity index (χ4v) is 4.84. The Labute approximate surface area is 137 Å². The minimum absolute atomic E-state index is 0.268. The normalized spacial score (nSPS) is 11.8. The zero-order chi connectivity index (χ0) is 15.5. The van der Waals surface area contributed by atoms with E-state index in [0.29, 0.717) is 17.6 Å². The smallest absolute Gasteiger partial charge is 0.242 e. The molecule has 0 saturated heterocycles. The number of hydrogen-bond donors (Lipinski definition) is 2. The number of sulfonamides is 1. The van der Waals surface area contributed by atoms with Gasteiger partial charge in [-0.05, 0) is 64.6 Å². The van der Waals surface area contributed by atoms with Crippen LogP contribution in [0.25, 0.3) is 0 Å². The number of nitrogens with one attached hydrogen (secondary N) is 2. The first-order chi connectivity index (χ1) is 9.94. The van der Waals surface area contributed by atoms with E-state index in [1.54, 1.807) is 23.5 Å². The molecule has 0 spiro atoms. The van der Waals surface area contributed by atoms with Crippen molar-refractivity contribution in [2.75, 3.05) is 7.05 Å². The van der Waals surface area contributed by atoms with Gasteiger partial charge < -0.3 is 5.32 Å². The number of halogens is 1. The Morgan fingerprint density at radius 3 is 2.62 bits per heavy atom. The molecule has 0 unspecified atom stereocenters. The Morgan fingerprint density at radius 1 is 1.24 bits per heavy atom. The van der Waals surface area contributed by atoms with Crippen LogP contribution in [0.1, 0.15) is 16.0 Å². The Hall–Kier alpha value is -0.730. The van der Waals surface area contributed by atoms with Crippen LogP contribution in [0.4, 0.5) is 0 Å². The maximum atomic E-state index is 12.5. The maximum absolute atomic E-state index is 12.5. The van der Waals surface area contributed by atoms with E-state index in [4.69, 9.17) is 0 Å². The van der Waals surface area contributed by atoms with Crippen molar-refractivity contribution in [1.82, 2.24) is 10.0 Å². The highest BCUT2D eigenvalue weighted by molar-refractivity contribution is 9.10. The molecule has 114 valence electrons. The van der Waals surface area contributed by atoms with Crippen LogP contribution in [0.2, 0.25) is 0 Å². The van der Waals surface area contributed by atoms with Crippen molar-refractivity contribution in [3.63, 3.8) is 0 Å². The number of hydrogen-bond acceptors (Lipinski definition) is 4. The zero-order valence-corrected chi connectivity index (χ0v) is 15.0. The Bertz CT molecular complexity index is 726. The number of benzene rings is 1. The minimum Gasteiger partial charge on any atom is -0.316 e. The molecule has 1 aromatic carbocycles. The molecule has 2 aromatic rings. The Morgan fingerprint density at radius 2 is 2.00 bits per heavy atom. The van der Waals surface area contributed by atoms with Gasteiger partial charge in [0.25, 0.3) is 0 Å². The predicted octanol–water partition coefficient (Wildman–Crippen LogP) is 3.02. The van der Waals surface area contributed by atoms with Gasteiger partial charge in [-0.25, -0.2) is 13.1 Å². The van der Waals surface area contributed by atoms with E-state index in [2.05, 4.69) is 26.0 Å². The van der Waals surface area contributed by atoms with Crippen molar-refractivity contribution in [3.8, 4) is 0 Å². The quantitative estimate of drug-likeness (QED) is 0.799. The fraction of sp³-hybridized carbons (Fsp3) is 0.286. The molecule has 1 heterocycles. The summed E-state index contributed by atoms with van der Waals surface area (Å²) in [5, 5.41) is 4.98. The molecule has 4 nitrogen and oxygen atoms in total. The van der Waals surface area contributed by atoms with E-state index in [9.17, 15) is 8.42 Å².